The van der Waals surface area contributed by atoms with Crippen LogP contribution in [-0.4, -0.2) is 5.78 Å². The fourth-order valence-electron chi connectivity index (χ4n) is 1.04. The van der Waals surface area contributed by atoms with Crippen molar-refractivity contribution in [1.29, 1.82) is 0 Å². The summed E-state index contributed by atoms with van der Waals surface area (Å²) in [5, 5.41) is 0. The second-order valence-electron chi connectivity index (χ2n) is 3.13. The van der Waals surface area contributed by atoms with Gasteiger partial charge < -0.3 is 0 Å². The van der Waals surface area contributed by atoms with Crippen LogP contribution >= 0.6 is 0 Å². The molecule has 0 N–H and O–H groups in total. The first kappa shape index (κ1) is 7.53. The molecule has 1 aromatic rings. The minimum absolute atomic E-state index is 0.0642. The van der Waals surface area contributed by atoms with Crippen molar-refractivity contribution in [3.05, 3.63) is 35.4 Å². The molecule has 0 aromatic heterocycles. The Bertz CT molecular complexity index is 306. The van der Waals surface area contributed by atoms with Crippen LogP contribution in [0.5, 0.6) is 0 Å². The van der Waals surface area contributed by atoms with Gasteiger partial charge in [-0.1, -0.05) is 38.1 Å². The average Bonchev–Trinajstić information content (AvgIpc) is 2.03. The SMILES string of the molecule is [2H]C(C)(C)c1ccc(C(C)=O)cc1. The smallest absolute Gasteiger partial charge is 0.159 e. The van der Waals surface area contributed by atoms with Gasteiger partial charge in [0.1, 0.15) is 0 Å². The average molecular weight is 163 g/mol. The quantitative estimate of drug-likeness (QED) is 0.612. The molecule has 0 aliphatic heterocycles. The van der Waals surface area contributed by atoms with Gasteiger partial charge in [0, 0.05) is 6.93 Å². The van der Waals surface area contributed by atoms with Crippen LogP contribution in [0.4, 0.5) is 0 Å². The molecule has 0 radical (unpaired) electrons. The Morgan fingerprint density at radius 2 is 1.83 bits per heavy atom. The van der Waals surface area contributed by atoms with Crippen molar-refractivity contribution in [2.24, 2.45) is 0 Å². The molecule has 0 saturated carbocycles. The highest BCUT2D eigenvalue weighted by Gasteiger charge is 2.00. The number of hydrogen-bond donors (Lipinski definition) is 0. The van der Waals surface area contributed by atoms with E-state index >= 15 is 0 Å². The molecule has 1 rings (SSSR count). The summed E-state index contributed by atoms with van der Waals surface area (Å²) < 4.78 is 7.77. The third-order valence-electron chi connectivity index (χ3n) is 1.87. The predicted octanol–water partition coefficient (Wildman–Crippen LogP) is 3.01. The second kappa shape index (κ2) is 3.53. The first-order valence-electron chi connectivity index (χ1n) is 4.53. The number of carbonyl (C=O) groups excluding carboxylic acids is 1. The topological polar surface area (TPSA) is 17.1 Å². The van der Waals surface area contributed by atoms with Gasteiger partial charge in [-0.3, -0.25) is 4.79 Å². The molecule has 0 spiro atoms. The fourth-order valence-corrected chi connectivity index (χ4v) is 1.04. The Morgan fingerprint density at radius 1 is 1.33 bits per heavy atom. The fraction of sp³-hybridized carbons (Fsp3) is 0.364. The van der Waals surface area contributed by atoms with Crippen LogP contribution in [-0.2, 0) is 0 Å². The van der Waals surface area contributed by atoms with Crippen molar-refractivity contribution in [1.82, 2.24) is 0 Å². The summed E-state index contributed by atoms with van der Waals surface area (Å²) in [6, 6.07) is 7.22. The van der Waals surface area contributed by atoms with E-state index in [4.69, 9.17) is 1.37 Å². The Morgan fingerprint density at radius 3 is 2.17 bits per heavy atom. The number of Topliss-reactive ketones (excluding diaryl/α,β-unsaturated/α-hetero) is 1. The standard InChI is InChI=1S/C11H14O/c1-8(2)10-4-6-11(7-5-10)9(3)12/h4-8H,1-3H3/i8D. The van der Waals surface area contributed by atoms with Crippen LogP contribution in [0, 0.1) is 0 Å². The number of ketones is 1. The Kier molecular flexibility index (Phi) is 2.21. The van der Waals surface area contributed by atoms with Gasteiger partial charge in [-0.15, -0.1) is 0 Å². The summed E-state index contributed by atoms with van der Waals surface area (Å²) in [6.07, 6.45) is 0. The van der Waals surface area contributed by atoms with E-state index in [1.165, 1.54) is 0 Å². The zero-order valence-corrected chi connectivity index (χ0v) is 7.72. The summed E-state index contributed by atoms with van der Waals surface area (Å²) in [6.45, 7) is 5.20. The van der Waals surface area contributed by atoms with Crippen LogP contribution in [0.15, 0.2) is 24.3 Å². The molecule has 64 valence electrons. The van der Waals surface area contributed by atoms with Crippen LogP contribution in [0.2, 0.25) is 0 Å². The second-order valence-corrected chi connectivity index (χ2v) is 3.13. The molecule has 0 amide bonds. The van der Waals surface area contributed by atoms with Gasteiger partial charge in [0.25, 0.3) is 0 Å². The van der Waals surface area contributed by atoms with Crippen molar-refractivity contribution in [2.45, 2.75) is 26.7 Å². The highest BCUT2D eigenvalue weighted by atomic mass is 16.1. The number of benzene rings is 1. The van der Waals surface area contributed by atoms with Crippen LogP contribution in [0.1, 0.15) is 44.0 Å². The molecule has 1 heteroatoms. The van der Waals surface area contributed by atoms with Gasteiger partial charge in [-0.25, -0.2) is 0 Å². The molecular formula is C11H14O. The Balaban J connectivity index is 3.01. The van der Waals surface area contributed by atoms with E-state index in [2.05, 4.69) is 0 Å². The normalized spacial score (nSPS) is 12.4. The Labute approximate surface area is 74.8 Å². The minimum Gasteiger partial charge on any atom is -0.295 e. The lowest BCUT2D eigenvalue weighted by molar-refractivity contribution is 0.101. The van der Waals surface area contributed by atoms with E-state index in [0.717, 1.165) is 5.56 Å². The molecule has 0 saturated heterocycles. The van der Waals surface area contributed by atoms with E-state index < -0.39 is 5.89 Å². The minimum atomic E-state index is -0.588. The lowest BCUT2D eigenvalue weighted by atomic mass is 10.0. The van der Waals surface area contributed by atoms with Gasteiger partial charge in [0.05, 0.1) is 0 Å². The molecule has 12 heavy (non-hydrogen) atoms. The Hall–Kier alpha value is -1.11. The predicted molar refractivity (Wildman–Crippen MR) is 50.5 cm³/mol. The maximum absolute atomic E-state index is 11.0. The summed E-state index contributed by atoms with van der Waals surface area (Å²) in [5.74, 6) is -0.524. The van der Waals surface area contributed by atoms with Gasteiger partial charge in [0.2, 0.25) is 0 Å². The molecule has 0 aliphatic carbocycles. The van der Waals surface area contributed by atoms with E-state index in [9.17, 15) is 4.79 Å². The van der Waals surface area contributed by atoms with Crippen LogP contribution in [0.25, 0.3) is 0 Å². The molecule has 0 unspecified atom stereocenters. The maximum atomic E-state index is 11.0. The highest BCUT2D eigenvalue weighted by Crippen LogP contribution is 2.14. The van der Waals surface area contributed by atoms with E-state index in [-0.39, 0.29) is 5.78 Å². The van der Waals surface area contributed by atoms with E-state index in [1.54, 1.807) is 19.1 Å². The molecule has 0 fully saturated rings. The third-order valence-corrected chi connectivity index (χ3v) is 1.87. The molecule has 0 atom stereocenters. The number of carbonyl (C=O) groups is 1. The van der Waals surface area contributed by atoms with Crippen LogP contribution in [0.3, 0.4) is 0 Å². The van der Waals surface area contributed by atoms with Crippen molar-refractivity contribution in [3.8, 4) is 0 Å². The molecule has 0 heterocycles. The number of hydrogen-bond acceptors (Lipinski definition) is 1. The number of rotatable bonds is 2. The maximum Gasteiger partial charge on any atom is 0.159 e. The van der Waals surface area contributed by atoms with Crippen molar-refractivity contribution >= 4 is 5.78 Å². The van der Waals surface area contributed by atoms with Crippen molar-refractivity contribution in [2.75, 3.05) is 0 Å². The highest BCUT2D eigenvalue weighted by molar-refractivity contribution is 5.94. The van der Waals surface area contributed by atoms with Gasteiger partial charge in [-0.05, 0) is 18.4 Å². The summed E-state index contributed by atoms with van der Waals surface area (Å²) in [5.41, 5.74) is 1.63. The summed E-state index contributed by atoms with van der Waals surface area (Å²) in [7, 11) is 0. The molecule has 1 aromatic carbocycles. The summed E-state index contributed by atoms with van der Waals surface area (Å²) in [4.78, 5) is 11.0. The van der Waals surface area contributed by atoms with Crippen molar-refractivity contribution in [3.63, 3.8) is 0 Å². The molecule has 1 nitrogen and oxygen atoms in total. The first-order valence-corrected chi connectivity index (χ1v) is 4.03. The van der Waals surface area contributed by atoms with Gasteiger partial charge >= 0.3 is 0 Å². The zero-order chi connectivity index (χ0) is 10.1. The summed E-state index contributed by atoms with van der Waals surface area (Å²) >= 11 is 0. The van der Waals surface area contributed by atoms with Crippen molar-refractivity contribution < 1.29 is 6.17 Å². The van der Waals surface area contributed by atoms with Gasteiger partial charge in [0.15, 0.2) is 5.78 Å². The largest absolute Gasteiger partial charge is 0.295 e. The van der Waals surface area contributed by atoms with Gasteiger partial charge in [-0.2, -0.15) is 0 Å². The molecular weight excluding hydrogens is 148 g/mol. The lowest BCUT2D eigenvalue weighted by Crippen LogP contribution is -1.93. The lowest BCUT2D eigenvalue weighted by Gasteiger charge is -2.04. The van der Waals surface area contributed by atoms with E-state index in [0.29, 0.717) is 5.56 Å². The van der Waals surface area contributed by atoms with E-state index in [1.807, 2.05) is 26.0 Å². The first-order chi connectivity index (χ1) is 5.91. The van der Waals surface area contributed by atoms with Crippen LogP contribution < -0.4 is 0 Å². The molecule has 0 aliphatic rings. The molecule has 0 bridgehead atoms. The zero-order valence-electron chi connectivity index (χ0n) is 8.72. The third kappa shape index (κ3) is 1.94. The monoisotopic (exact) mass is 163 g/mol.